The van der Waals surface area contributed by atoms with Crippen LogP contribution in [0.5, 0.6) is 0 Å². The minimum atomic E-state index is 0.00935. The number of nitrogens with zero attached hydrogens (tertiary/aromatic N) is 1. The molecule has 1 aliphatic rings. The first kappa shape index (κ1) is 13.8. The fraction of sp³-hybridized carbons (Fsp3) is 0.467. The van der Waals surface area contributed by atoms with Gasteiger partial charge in [-0.15, -0.1) is 11.3 Å². The van der Waals surface area contributed by atoms with Crippen LogP contribution in [-0.2, 0) is 11.2 Å². The van der Waals surface area contributed by atoms with E-state index in [4.69, 9.17) is 0 Å². The van der Waals surface area contributed by atoms with E-state index in [2.05, 4.69) is 34.1 Å². The standard InChI is InChI=1S/C15H18N2OS2/c1-9-10(2)20-15(16-9)13(7-11-5-6-19-8-11)17-14(18)12-3-4-12/h5-6,8,12-13H,3-4,7H2,1-2H3,(H,17,18)/t13-/m1/s1. The van der Waals surface area contributed by atoms with Gasteiger partial charge >= 0.3 is 0 Å². The Balaban J connectivity index is 1.79. The van der Waals surface area contributed by atoms with Crippen LogP contribution in [0.1, 0.15) is 40.0 Å². The molecule has 2 aromatic heterocycles. The van der Waals surface area contributed by atoms with Gasteiger partial charge in [-0.05, 0) is 49.1 Å². The van der Waals surface area contributed by atoms with Crippen LogP contribution in [0.2, 0.25) is 0 Å². The highest BCUT2D eigenvalue weighted by molar-refractivity contribution is 7.11. The Labute approximate surface area is 127 Å². The summed E-state index contributed by atoms with van der Waals surface area (Å²) in [6, 6.07) is 2.13. The van der Waals surface area contributed by atoms with Gasteiger partial charge in [0.15, 0.2) is 0 Å². The number of carbonyl (C=O) groups excluding carboxylic acids is 1. The number of aryl methyl sites for hydroxylation is 2. The fourth-order valence-corrected chi connectivity index (χ4v) is 3.78. The molecule has 2 heterocycles. The lowest BCUT2D eigenvalue weighted by Gasteiger charge is -2.16. The number of thiophene rings is 1. The van der Waals surface area contributed by atoms with Gasteiger partial charge in [0.2, 0.25) is 5.91 Å². The van der Waals surface area contributed by atoms with Gasteiger partial charge in [-0.25, -0.2) is 4.98 Å². The van der Waals surface area contributed by atoms with Gasteiger partial charge in [0.1, 0.15) is 5.01 Å². The van der Waals surface area contributed by atoms with Gasteiger partial charge in [0.05, 0.1) is 11.7 Å². The molecule has 20 heavy (non-hydrogen) atoms. The third-order valence-corrected chi connectivity index (χ3v) is 5.55. The fourth-order valence-electron chi connectivity index (χ4n) is 2.13. The maximum absolute atomic E-state index is 12.1. The molecule has 3 rings (SSSR count). The lowest BCUT2D eigenvalue weighted by atomic mass is 10.1. The molecule has 5 heteroatoms. The largest absolute Gasteiger partial charge is 0.346 e. The Morgan fingerprint density at radius 2 is 2.30 bits per heavy atom. The Hall–Kier alpha value is -1.20. The normalized spacial score (nSPS) is 16.1. The molecule has 1 aliphatic carbocycles. The molecular weight excluding hydrogens is 288 g/mol. The van der Waals surface area contributed by atoms with Crippen molar-refractivity contribution in [1.29, 1.82) is 0 Å². The summed E-state index contributed by atoms with van der Waals surface area (Å²) >= 11 is 3.39. The summed E-state index contributed by atoms with van der Waals surface area (Å²) in [4.78, 5) is 17.9. The minimum absolute atomic E-state index is 0.00935. The van der Waals surface area contributed by atoms with E-state index in [0.717, 1.165) is 30.0 Å². The van der Waals surface area contributed by atoms with Crippen LogP contribution < -0.4 is 5.32 Å². The van der Waals surface area contributed by atoms with E-state index in [1.165, 1.54) is 10.4 Å². The van der Waals surface area contributed by atoms with Crippen LogP contribution in [0.25, 0.3) is 0 Å². The average Bonchev–Trinajstić information content (AvgIpc) is 3.06. The van der Waals surface area contributed by atoms with E-state index in [1.54, 1.807) is 22.7 Å². The Morgan fingerprint density at radius 3 is 2.85 bits per heavy atom. The Kier molecular flexibility index (Phi) is 3.89. The van der Waals surface area contributed by atoms with Gasteiger partial charge in [0.25, 0.3) is 0 Å². The zero-order valence-electron chi connectivity index (χ0n) is 11.7. The summed E-state index contributed by atoms with van der Waals surface area (Å²) in [7, 11) is 0. The van der Waals surface area contributed by atoms with E-state index in [-0.39, 0.29) is 17.9 Å². The highest BCUT2D eigenvalue weighted by Gasteiger charge is 2.32. The maximum Gasteiger partial charge on any atom is 0.223 e. The average molecular weight is 306 g/mol. The molecule has 1 atom stereocenters. The smallest absolute Gasteiger partial charge is 0.223 e. The van der Waals surface area contributed by atoms with Crippen molar-refractivity contribution in [3.8, 4) is 0 Å². The molecule has 0 aromatic carbocycles. The molecule has 1 saturated carbocycles. The first-order valence-corrected chi connectivity index (χ1v) is 8.65. The van der Waals surface area contributed by atoms with Gasteiger partial charge in [-0.2, -0.15) is 11.3 Å². The SMILES string of the molecule is Cc1nc([C@@H](Cc2ccsc2)NC(=O)C2CC2)sc1C. The number of nitrogens with one attached hydrogen (secondary N) is 1. The van der Waals surface area contributed by atoms with Crippen LogP contribution in [0.4, 0.5) is 0 Å². The summed E-state index contributed by atoms with van der Waals surface area (Å²) in [5.74, 6) is 0.429. The second kappa shape index (κ2) is 5.66. The molecule has 0 radical (unpaired) electrons. The van der Waals surface area contributed by atoms with E-state index in [0.29, 0.717) is 0 Å². The Bertz CT molecular complexity index is 580. The zero-order chi connectivity index (χ0) is 14.1. The minimum Gasteiger partial charge on any atom is -0.346 e. The van der Waals surface area contributed by atoms with Crippen molar-refractivity contribution < 1.29 is 4.79 Å². The molecule has 106 valence electrons. The monoisotopic (exact) mass is 306 g/mol. The van der Waals surface area contributed by atoms with E-state index < -0.39 is 0 Å². The summed E-state index contributed by atoms with van der Waals surface area (Å²) in [6.45, 7) is 4.11. The molecule has 0 spiro atoms. The van der Waals surface area contributed by atoms with Crippen LogP contribution in [-0.4, -0.2) is 10.9 Å². The van der Waals surface area contributed by atoms with Crippen LogP contribution in [0, 0.1) is 19.8 Å². The molecule has 2 aromatic rings. The predicted molar refractivity (Wildman–Crippen MR) is 83.2 cm³/mol. The number of thiazole rings is 1. The van der Waals surface area contributed by atoms with E-state index in [1.807, 2.05) is 6.92 Å². The lowest BCUT2D eigenvalue weighted by Crippen LogP contribution is -2.31. The van der Waals surface area contributed by atoms with Gasteiger partial charge < -0.3 is 5.32 Å². The van der Waals surface area contributed by atoms with Crippen molar-refractivity contribution in [2.75, 3.05) is 0 Å². The molecular formula is C15H18N2OS2. The van der Waals surface area contributed by atoms with Gasteiger partial charge in [-0.1, -0.05) is 0 Å². The number of carbonyl (C=O) groups is 1. The first-order valence-electron chi connectivity index (χ1n) is 6.89. The first-order chi connectivity index (χ1) is 9.63. The molecule has 3 nitrogen and oxygen atoms in total. The molecule has 0 saturated heterocycles. The quantitative estimate of drug-likeness (QED) is 0.916. The summed E-state index contributed by atoms with van der Waals surface area (Å²) in [6.07, 6.45) is 2.90. The van der Waals surface area contributed by atoms with E-state index >= 15 is 0 Å². The van der Waals surface area contributed by atoms with Crippen molar-refractivity contribution in [2.24, 2.45) is 5.92 Å². The van der Waals surface area contributed by atoms with Gasteiger partial charge in [-0.3, -0.25) is 4.79 Å². The van der Waals surface area contributed by atoms with Crippen LogP contribution in [0.3, 0.4) is 0 Å². The third-order valence-electron chi connectivity index (χ3n) is 3.63. The summed E-state index contributed by atoms with van der Waals surface area (Å²) in [5, 5.41) is 8.43. The highest BCUT2D eigenvalue weighted by atomic mass is 32.1. The van der Waals surface area contributed by atoms with Crippen molar-refractivity contribution in [3.63, 3.8) is 0 Å². The molecule has 1 N–H and O–H groups in total. The second-order valence-electron chi connectivity index (χ2n) is 5.36. The number of aromatic nitrogens is 1. The molecule has 1 fully saturated rings. The van der Waals surface area contributed by atoms with Crippen LogP contribution in [0.15, 0.2) is 16.8 Å². The second-order valence-corrected chi connectivity index (χ2v) is 7.38. The maximum atomic E-state index is 12.1. The summed E-state index contributed by atoms with van der Waals surface area (Å²) in [5.41, 5.74) is 2.34. The van der Waals surface area contributed by atoms with Crippen molar-refractivity contribution in [2.45, 2.75) is 39.2 Å². The van der Waals surface area contributed by atoms with Crippen molar-refractivity contribution in [3.05, 3.63) is 38.0 Å². The topological polar surface area (TPSA) is 42.0 Å². The summed E-state index contributed by atoms with van der Waals surface area (Å²) < 4.78 is 0. The number of hydrogen-bond donors (Lipinski definition) is 1. The third kappa shape index (κ3) is 3.10. The number of amides is 1. The predicted octanol–water partition coefficient (Wildman–Crippen LogP) is 3.63. The van der Waals surface area contributed by atoms with E-state index in [9.17, 15) is 4.79 Å². The lowest BCUT2D eigenvalue weighted by molar-refractivity contribution is -0.123. The zero-order valence-corrected chi connectivity index (χ0v) is 13.3. The van der Waals surface area contributed by atoms with Crippen LogP contribution >= 0.6 is 22.7 Å². The molecule has 0 bridgehead atoms. The highest BCUT2D eigenvalue weighted by Crippen LogP contribution is 2.31. The Morgan fingerprint density at radius 1 is 1.50 bits per heavy atom. The molecule has 0 unspecified atom stereocenters. The van der Waals surface area contributed by atoms with Crippen molar-refractivity contribution >= 4 is 28.6 Å². The number of hydrogen-bond acceptors (Lipinski definition) is 4. The van der Waals surface area contributed by atoms with Crippen molar-refractivity contribution in [1.82, 2.24) is 10.3 Å². The molecule has 0 aliphatic heterocycles. The van der Waals surface area contributed by atoms with Gasteiger partial charge in [0, 0.05) is 17.2 Å². The number of rotatable bonds is 5. The molecule has 1 amide bonds.